The van der Waals surface area contributed by atoms with Crippen molar-refractivity contribution in [3.05, 3.63) is 11.6 Å². The van der Waals surface area contributed by atoms with Gasteiger partial charge in [0.25, 0.3) is 0 Å². The van der Waals surface area contributed by atoms with Gasteiger partial charge in [-0.15, -0.1) is 0 Å². The number of Topliss-reactive ketones (excluding diaryl/α,β-unsaturated/α-hetero) is 1. The summed E-state index contributed by atoms with van der Waals surface area (Å²) < 4.78 is 0. The lowest BCUT2D eigenvalue weighted by Crippen LogP contribution is -1.96. The molecule has 1 nitrogen and oxygen atoms in total. The number of carbonyl (C=O) groups is 1. The average molecular weight is 166 g/mol. The van der Waals surface area contributed by atoms with E-state index in [1.54, 1.807) is 6.92 Å². The van der Waals surface area contributed by atoms with E-state index in [0.717, 1.165) is 18.4 Å². The van der Waals surface area contributed by atoms with Crippen LogP contribution in [0, 0.1) is 0 Å². The smallest absolute Gasteiger partial charge is 0.155 e. The Balaban J connectivity index is 2.49. The molecule has 0 saturated heterocycles. The van der Waals surface area contributed by atoms with Crippen LogP contribution in [0.25, 0.3) is 0 Å². The van der Waals surface area contributed by atoms with Crippen LogP contribution in [0.2, 0.25) is 0 Å². The van der Waals surface area contributed by atoms with Gasteiger partial charge in [0, 0.05) is 0 Å². The van der Waals surface area contributed by atoms with Gasteiger partial charge >= 0.3 is 0 Å². The normalized spacial score (nSPS) is 20.2. The minimum Gasteiger partial charge on any atom is -0.295 e. The van der Waals surface area contributed by atoms with E-state index in [9.17, 15) is 4.79 Å². The zero-order valence-corrected chi connectivity index (χ0v) is 7.94. The van der Waals surface area contributed by atoms with Gasteiger partial charge in [0.1, 0.15) is 0 Å². The number of hydrogen-bond donors (Lipinski definition) is 0. The molecule has 0 radical (unpaired) electrons. The number of hydrogen-bond acceptors (Lipinski definition) is 1. The number of ketones is 1. The van der Waals surface area contributed by atoms with Crippen molar-refractivity contribution in [3.8, 4) is 0 Å². The summed E-state index contributed by atoms with van der Waals surface area (Å²) in [6, 6.07) is 0. The van der Waals surface area contributed by atoms with Gasteiger partial charge in [0.05, 0.1) is 0 Å². The van der Waals surface area contributed by atoms with Crippen molar-refractivity contribution in [2.24, 2.45) is 0 Å². The van der Waals surface area contributed by atoms with Gasteiger partial charge in [0.15, 0.2) is 5.78 Å². The summed E-state index contributed by atoms with van der Waals surface area (Å²) in [5.41, 5.74) is 1.07. The van der Waals surface area contributed by atoms with Crippen LogP contribution in [0.5, 0.6) is 0 Å². The quantitative estimate of drug-likeness (QED) is 0.584. The van der Waals surface area contributed by atoms with E-state index in [2.05, 4.69) is 6.08 Å². The second-order valence-electron chi connectivity index (χ2n) is 3.59. The highest BCUT2D eigenvalue weighted by Gasteiger charge is 2.04. The van der Waals surface area contributed by atoms with Crippen LogP contribution in [0.15, 0.2) is 11.6 Å². The third-order valence-electron chi connectivity index (χ3n) is 2.49. The highest BCUT2D eigenvalue weighted by atomic mass is 16.1. The fourth-order valence-corrected chi connectivity index (χ4v) is 1.69. The summed E-state index contributed by atoms with van der Waals surface area (Å²) in [7, 11) is 0. The van der Waals surface area contributed by atoms with Gasteiger partial charge in [-0.25, -0.2) is 0 Å². The van der Waals surface area contributed by atoms with E-state index in [0.29, 0.717) is 0 Å². The Morgan fingerprint density at radius 3 is 2.58 bits per heavy atom. The number of rotatable bonds is 1. The van der Waals surface area contributed by atoms with Crippen molar-refractivity contribution in [1.29, 1.82) is 0 Å². The summed E-state index contributed by atoms with van der Waals surface area (Å²) in [5, 5.41) is 0. The molecule has 0 fully saturated rings. The van der Waals surface area contributed by atoms with Crippen molar-refractivity contribution in [2.45, 2.75) is 51.9 Å². The molecule has 0 amide bonds. The lowest BCUT2D eigenvalue weighted by Gasteiger charge is -2.00. The van der Waals surface area contributed by atoms with Crippen molar-refractivity contribution >= 4 is 5.78 Å². The highest BCUT2D eigenvalue weighted by Crippen LogP contribution is 2.17. The monoisotopic (exact) mass is 166 g/mol. The maximum atomic E-state index is 11.1. The minimum atomic E-state index is 0.275. The molecule has 1 aliphatic rings. The van der Waals surface area contributed by atoms with Crippen LogP contribution in [0.3, 0.4) is 0 Å². The molecule has 0 bridgehead atoms. The predicted octanol–water partition coefficient (Wildman–Crippen LogP) is 3.25. The topological polar surface area (TPSA) is 17.1 Å². The lowest BCUT2D eigenvalue weighted by molar-refractivity contribution is -0.113. The molecule has 68 valence electrons. The zero-order chi connectivity index (χ0) is 8.81. The standard InChI is InChI=1S/C11H18O/c1-10(12)11-8-6-4-2-3-5-7-9-11/h8H,2-7,9H2,1H3. The van der Waals surface area contributed by atoms with E-state index < -0.39 is 0 Å². The van der Waals surface area contributed by atoms with Gasteiger partial charge in [-0.05, 0) is 38.2 Å². The summed E-state index contributed by atoms with van der Waals surface area (Å²) in [6.07, 6.45) is 10.7. The van der Waals surface area contributed by atoms with Crippen LogP contribution in [0.1, 0.15) is 51.9 Å². The third-order valence-corrected chi connectivity index (χ3v) is 2.49. The molecule has 0 heterocycles. The van der Waals surface area contributed by atoms with Crippen LogP contribution in [-0.4, -0.2) is 5.78 Å². The number of allylic oxidation sites excluding steroid dienone is 2. The maximum absolute atomic E-state index is 11.1. The Labute approximate surface area is 74.9 Å². The first-order valence-electron chi connectivity index (χ1n) is 5.00. The predicted molar refractivity (Wildman–Crippen MR) is 51.1 cm³/mol. The summed E-state index contributed by atoms with van der Waals surface area (Å²) in [4.78, 5) is 11.1. The molecule has 0 unspecified atom stereocenters. The van der Waals surface area contributed by atoms with E-state index in [-0.39, 0.29) is 5.78 Å². The fourth-order valence-electron chi connectivity index (χ4n) is 1.69. The Hall–Kier alpha value is -0.590. The summed E-state index contributed by atoms with van der Waals surface area (Å²) in [5.74, 6) is 0.275. The van der Waals surface area contributed by atoms with E-state index in [1.807, 2.05) is 0 Å². The molecule has 0 aromatic rings. The Bertz CT molecular complexity index is 179. The summed E-state index contributed by atoms with van der Waals surface area (Å²) in [6.45, 7) is 1.68. The lowest BCUT2D eigenvalue weighted by atomic mass is 10.0. The molecule has 0 aromatic carbocycles. The zero-order valence-electron chi connectivity index (χ0n) is 7.94. The molecular weight excluding hydrogens is 148 g/mol. The molecule has 1 rings (SSSR count). The molecule has 1 aliphatic carbocycles. The Morgan fingerprint density at radius 1 is 1.17 bits per heavy atom. The molecule has 0 atom stereocenters. The highest BCUT2D eigenvalue weighted by molar-refractivity contribution is 5.93. The first-order chi connectivity index (χ1) is 5.80. The molecule has 0 spiro atoms. The van der Waals surface area contributed by atoms with E-state index in [1.165, 1.54) is 32.1 Å². The fraction of sp³-hybridized carbons (Fsp3) is 0.727. The molecule has 12 heavy (non-hydrogen) atoms. The number of carbonyl (C=O) groups excluding carboxylic acids is 1. The first kappa shape index (κ1) is 9.50. The second-order valence-corrected chi connectivity index (χ2v) is 3.59. The largest absolute Gasteiger partial charge is 0.295 e. The van der Waals surface area contributed by atoms with Gasteiger partial charge in [-0.1, -0.05) is 25.3 Å². The first-order valence-corrected chi connectivity index (χ1v) is 5.00. The summed E-state index contributed by atoms with van der Waals surface area (Å²) >= 11 is 0. The SMILES string of the molecule is CC(=O)C1=CCCCCCCC1. The molecule has 1 heteroatoms. The molecule has 0 aromatic heterocycles. The second kappa shape index (κ2) is 5.13. The molecular formula is C11H18O. The molecule has 0 aliphatic heterocycles. The third kappa shape index (κ3) is 3.21. The van der Waals surface area contributed by atoms with Crippen molar-refractivity contribution in [3.63, 3.8) is 0 Å². The Kier molecular flexibility index (Phi) is 4.06. The minimum absolute atomic E-state index is 0.275. The average Bonchev–Trinajstić information content (AvgIpc) is 2.15. The van der Waals surface area contributed by atoms with Crippen LogP contribution in [0.4, 0.5) is 0 Å². The van der Waals surface area contributed by atoms with E-state index >= 15 is 0 Å². The van der Waals surface area contributed by atoms with Crippen molar-refractivity contribution < 1.29 is 4.79 Å². The van der Waals surface area contributed by atoms with Crippen LogP contribution >= 0.6 is 0 Å². The van der Waals surface area contributed by atoms with Gasteiger partial charge < -0.3 is 0 Å². The molecule has 0 saturated carbocycles. The van der Waals surface area contributed by atoms with Crippen LogP contribution < -0.4 is 0 Å². The molecule has 0 N–H and O–H groups in total. The van der Waals surface area contributed by atoms with Crippen molar-refractivity contribution in [1.82, 2.24) is 0 Å². The van der Waals surface area contributed by atoms with E-state index in [4.69, 9.17) is 0 Å². The van der Waals surface area contributed by atoms with Crippen molar-refractivity contribution in [2.75, 3.05) is 0 Å². The van der Waals surface area contributed by atoms with Gasteiger partial charge in [-0.3, -0.25) is 4.79 Å². The maximum Gasteiger partial charge on any atom is 0.155 e. The van der Waals surface area contributed by atoms with Gasteiger partial charge in [0.2, 0.25) is 0 Å². The van der Waals surface area contributed by atoms with Crippen LogP contribution in [-0.2, 0) is 4.79 Å². The van der Waals surface area contributed by atoms with Gasteiger partial charge in [-0.2, -0.15) is 0 Å². The Morgan fingerprint density at radius 2 is 1.83 bits per heavy atom.